The molecule has 1 fully saturated rings. The average Bonchev–Trinajstić information content (AvgIpc) is 3.26. The standard InChI is InChI=1S/C26H24F4N6O/c1-17(25(37)35-13-11-34(12-14-35)21-4-2-3-19(15-21)26(28,29)30)32-24-23(18-5-7-20(27)8-6-18)33-22-16-31-9-10-36(22)24/h2-10,15-17,32H,11-14H2,1H3. The summed E-state index contributed by atoms with van der Waals surface area (Å²) < 4.78 is 54.5. The Morgan fingerprint density at radius 3 is 2.49 bits per heavy atom. The number of hydrogen-bond acceptors (Lipinski definition) is 5. The topological polar surface area (TPSA) is 65.8 Å². The van der Waals surface area contributed by atoms with Gasteiger partial charge in [0.25, 0.3) is 0 Å². The fraction of sp³-hybridized carbons (Fsp3) is 0.269. The minimum Gasteiger partial charge on any atom is -0.368 e. The number of hydrogen-bond donors (Lipinski definition) is 1. The number of piperazine rings is 1. The molecule has 1 aliphatic rings. The van der Waals surface area contributed by atoms with E-state index >= 15 is 0 Å². The van der Waals surface area contributed by atoms with Gasteiger partial charge in [-0.05, 0) is 49.4 Å². The number of benzene rings is 2. The number of imidazole rings is 1. The van der Waals surface area contributed by atoms with E-state index in [9.17, 15) is 22.4 Å². The molecule has 1 saturated heterocycles. The lowest BCUT2D eigenvalue weighted by Gasteiger charge is -2.37. The summed E-state index contributed by atoms with van der Waals surface area (Å²) in [6.45, 7) is 3.34. The van der Waals surface area contributed by atoms with Gasteiger partial charge in [-0.25, -0.2) is 9.37 Å². The molecule has 11 heteroatoms. The molecule has 0 spiro atoms. The van der Waals surface area contributed by atoms with Crippen molar-refractivity contribution < 1.29 is 22.4 Å². The molecule has 3 heterocycles. The van der Waals surface area contributed by atoms with Gasteiger partial charge in [0.05, 0.1) is 11.8 Å². The van der Waals surface area contributed by atoms with Crippen molar-refractivity contribution >= 4 is 23.1 Å². The Hall–Kier alpha value is -4.15. The maximum absolute atomic E-state index is 13.5. The van der Waals surface area contributed by atoms with Crippen LogP contribution in [0, 0.1) is 5.82 Å². The minimum absolute atomic E-state index is 0.141. The summed E-state index contributed by atoms with van der Waals surface area (Å²) in [6.07, 6.45) is 0.518. The molecule has 1 unspecified atom stereocenters. The normalized spacial score (nSPS) is 15.2. The summed E-state index contributed by atoms with van der Waals surface area (Å²) in [5.74, 6) is 0.0710. The van der Waals surface area contributed by atoms with E-state index in [1.54, 1.807) is 53.0 Å². The van der Waals surface area contributed by atoms with Crippen molar-refractivity contribution in [3.05, 3.63) is 78.5 Å². The highest BCUT2D eigenvalue weighted by Gasteiger charge is 2.32. The smallest absolute Gasteiger partial charge is 0.368 e. The van der Waals surface area contributed by atoms with E-state index in [2.05, 4.69) is 15.3 Å². The van der Waals surface area contributed by atoms with Crippen LogP contribution in [0.3, 0.4) is 0 Å². The second-order valence-electron chi connectivity index (χ2n) is 8.85. The second kappa shape index (κ2) is 9.72. The lowest BCUT2D eigenvalue weighted by molar-refractivity contribution is -0.137. The first-order valence-electron chi connectivity index (χ1n) is 11.8. The van der Waals surface area contributed by atoms with Crippen molar-refractivity contribution in [2.75, 3.05) is 36.4 Å². The van der Waals surface area contributed by atoms with Gasteiger partial charge in [-0.3, -0.25) is 14.2 Å². The molecule has 7 nitrogen and oxygen atoms in total. The molecule has 1 atom stereocenters. The van der Waals surface area contributed by atoms with Crippen LogP contribution in [0.1, 0.15) is 12.5 Å². The Bertz CT molecular complexity index is 1410. The molecular weight excluding hydrogens is 488 g/mol. The Labute approximate surface area is 210 Å². The lowest BCUT2D eigenvalue weighted by Crippen LogP contribution is -2.52. The van der Waals surface area contributed by atoms with Crippen LogP contribution in [-0.2, 0) is 11.0 Å². The van der Waals surface area contributed by atoms with Gasteiger partial charge in [-0.15, -0.1) is 0 Å². The van der Waals surface area contributed by atoms with Crippen molar-refractivity contribution in [3.8, 4) is 11.3 Å². The molecule has 4 aromatic rings. The van der Waals surface area contributed by atoms with Crippen LogP contribution in [0.2, 0.25) is 0 Å². The van der Waals surface area contributed by atoms with Gasteiger partial charge in [0.2, 0.25) is 5.91 Å². The fourth-order valence-corrected chi connectivity index (χ4v) is 4.46. The number of alkyl halides is 3. The number of carbonyl (C=O) groups excluding carboxylic acids is 1. The number of anilines is 2. The third-order valence-electron chi connectivity index (χ3n) is 6.40. The van der Waals surface area contributed by atoms with E-state index in [1.807, 2.05) is 4.90 Å². The summed E-state index contributed by atoms with van der Waals surface area (Å²) in [4.78, 5) is 25.5. The maximum atomic E-state index is 13.5. The first kappa shape index (κ1) is 24.5. The maximum Gasteiger partial charge on any atom is 0.416 e. The van der Waals surface area contributed by atoms with Crippen LogP contribution in [0.4, 0.5) is 29.1 Å². The molecule has 2 aromatic heterocycles. The highest BCUT2D eigenvalue weighted by molar-refractivity contribution is 5.86. The summed E-state index contributed by atoms with van der Waals surface area (Å²) >= 11 is 0. The van der Waals surface area contributed by atoms with E-state index in [4.69, 9.17) is 0 Å². The zero-order valence-corrected chi connectivity index (χ0v) is 19.9. The van der Waals surface area contributed by atoms with Crippen molar-refractivity contribution in [1.29, 1.82) is 0 Å². The van der Waals surface area contributed by atoms with E-state index in [1.165, 1.54) is 18.2 Å². The molecule has 0 aliphatic carbocycles. The number of aromatic nitrogens is 3. The third-order valence-corrected chi connectivity index (χ3v) is 6.40. The predicted molar refractivity (Wildman–Crippen MR) is 132 cm³/mol. The number of halogens is 4. The molecule has 0 saturated carbocycles. The van der Waals surface area contributed by atoms with E-state index in [0.29, 0.717) is 54.6 Å². The highest BCUT2D eigenvalue weighted by atomic mass is 19.4. The van der Waals surface area contributed by atoms with Crippen LogP contribution in [0.5, 0.6) is 0 Å². The second-order valence-corrected chi connectivity index (χ2v) is 8.85. The zero-order valence-electron chi connectivity index (χ0n) is 19.9. The number of amides is 1. The number of nitrogens with zero attached hydrogens (tertiary/aromatic N) is 5. The van der Waals surface area contributed by atoms with Gasteiger partial charge in [-0.2, -0.15) is 13.2 Å². The van der Waals surface area contributed by atoms with Crippen molar-refractivity contribution in [2.45, 2.75) is 19.1 Å². The van der Waals surface area contributed by atoms with Crippen molar-refractivity contribution in [1.82, 2.24) is 19.3 Å². The molecule has 1 amide bonds. The number of fused-ring (bicyclic) bond motifs is 1. The molecule has 192 valence electrons. The Kier molecular flexibility index (Phi) is 6.45. The van der Waals surface area contributed by atoms with Crippen molar-refractivity contribution in [2.24, 2.45) is 0 Å². The molecule has 0 radical (unpaired) electrons. The quantitative estimate of drug-likeness (QED) is 0.393. The summed E-state index contributed by atoms with van der Waals surface area (Å²) in [6, 6.07) is 10.5. The van der Waals surface area contributed by atoms with Gasteiger partial charge in [-0.1, -0.05) is 6.07 Å². The van der Waals surface area contributed by atoms with Crippen LogP contribution in [0.25, 0.3) is 16.9 Å². The first-order chi connectivity index (χ1) is 17.7. The first-order valence-corrected chi connectivity index (χ1v) is 11.8. The average molecular weight is 513 g/mol. The zero-order chi connectivity index (χ0) is 26.2. The molecule has 37 heavy (non-hydrogen) atoms. The number of rotatable bonds is 5. The SMILES string of the molecule is CC(Nc1c(-c2ccc(F)cc2)nc2cnccn12)C(=O)N1CCN(c2cccc(C(F)(F)F)c2)CC1. The van der Waals surface area contributed by atoms with Crippen LogP contribution in [0.15, 0.2) is 67.1 Å². The van der Waals surface area contributed by atoms with Crippen molar-refractivity contribution in [3.63, 3.8) is 0 Å². The Morgan fingerprint density at radius 2 is 1.78 bits per heavy atom. The molecule has 1 N–H and O–H groups in total. The van der Waals surface area contributed by atoms with Gasteiger partial charge < -0.3 is 15.1 Å². The van der Waals surface area contributed by atoms with E-state index in [0.717, 1.165) is 12.1 Å². The van der Waals surface area contributed by atoms with E-state index < -0.39 is 17.8 Å². The molecule has 0 bridgehead atoms. The molecule has 1 aliphatic heterocycles. The van der Waals surface area contributed by atoms with Gasteiger partial charge >= 0.3 is 6.18 Å². The summed E-state index contributed by atoms with van der Waals surface area (Å²) in [5, 5.41) is 3.26. The number of carbonyl (C=O) groups is 1. The Balaban J connectivity index is 1.30. The fourth-order valence-electron chi connectivity index (χ4n) is 4.46. The van der Waals surface area contributed by atoms with Gasteiger partial charge in [0, 0.05) is 49.8 Å². The minimum atomic E-state index is -4.41. The molecular formula is C26H24F4N6O. The van der Waals surface area contributed by atoms with Crippen LogP contribution < -0.4 is 10.2 Å². The van der Waals surface area contributed by atoms with Crippen LogP contribution >= 0.6 is 0 Å². The predicted octanol–water partition coefficient (Wildman–Crippen LogP) is 4.70. The summed E-state index contributed by atoms with van der Waals surface area (Å²) in [5.41, 5.74) is 1.60. The van der Waals surface area contributed by atoms with Gasteiger partial charge in [0.15, 0.2) is 5.65 Å². The third kappa shape index (κ3) is 5.07. The lowest BCUT2D eigenvalue weighted by atomic mass is 10.1. The summed E-state index contributed by atoms with van der Waals surface area (Å²) in [7, 11) is 0. The molecule has 2 aromatic carbocycles. The Morgan fingerprint density at radius 1 is 1.05 bits per heavy atom. The monoisotopic (exact) mass is 512 g/mol. The molecule has 5 rings (SSSR count). The van der Waals surface area contributed by atoms with Crippen LogP contribution in [-0.4, -0.2) is 57.4 Å². The highest BCUT2D eigenvalue weighted by Crippen LogP contribution is 2.32. The van der Waals surface area contributed by atoms with E-state index in [-0.39, 0.29) is 11.7 Å². The van der Waals surface area contributed by atoms with Gasteiger partial charge in [0.1, 0.15) is 23.4 Å². The largest absolute Gasteiger partial charge is 0.416 e. The number of nitrogens with one attached hydrogen (secondary N) is 1.